The molecule has 158 valence electrons. The number of benzene rings is 1. The Morgan fingerprint density at radius 3 is 2.07 bits per heavy atom. The van der Waals surface area contributed by atoms with Gasteiger partial charge in [0.15, 0.2) is 0 Å². The maximum absolute atomic E-state index is 12.7. The number of hydrogen-bond acceptors (Lipinski definition) is 5. The molecular weight excluding hydrogens is 382 g/mol. The molecule has 0 spiro atoms. The van der Waals surface area contributed by atoms with E-state index in [1.165, 1.54) is 0 Å². The minimum absolute atomic E-state index is 0.0478. The maximum atomic E-state index is 12.7. The van der Waals surface area contributed by atoms with Crippen molar-refractivity contribution < 1.29 is 18.4 Å². The summed E-state index contributed by atoms with van der Waals surface area (Å²) >= 11 is 0. The lowest BCUT2D eigenvalue weighted by atomic mass is 10.1. The van der Waals surface area contributed by atoms with Crippen molar-refractivity contribution >= 4 is 17.5 Å². The molecule has 2 aromatic heterocycles. The van der Waals surface area contributed by atoms with Crippen molar-refractivity contribution in [2.24, 2.45) is 0 Å². The van der Waals surface area contributed by atoms with Gasteiger partial charge in [-0.3, -0.25) is 14.5 Å². The summed E-state index contributed by atoms with van der Waals surface area (Å²) in [6, 6.07) is 14.4. The first kappa shape index (κ1) is 21.4. The molecule has 1 aromatic carbocycles. The van der Waals surface area contributed by atoms with E-state index >= 15 is 0 Å². The van der Waals surface area contributed by atoms with Gasteiger partial charge in [-0.25, -0.2) is 0 Å². The van der Waals surface area contributed by atoms with Gasteiger partial charge in [-0.05, 0) is 56.3 Å². The van der Waals surface area contributed by atoms with Gasteiger partial charge in [0.2, 0.25) is 5.91 Å². The number of carbonyl (C=O) groups is 2. The lowest BCUT2D eigenvalue weighted by Gasteiger charge is -2.20. The first-order valence-corrected chi connectivity index (χ1v) is 10.0. The van der Waals surface area contributed by atoms with Gasteiger partial charge in [0, 0.05) is 24.3 Å². The molecule has 0 bridgehead atoms. The van der Waals surface area contributed by atoms with Crippen LogP contribution in [0.3, 0.4) is 0 Å². The van der Waals surface area contributed by atoms with Crippen LogP contribution in [-0.2, 0) is 17.9 Å². The predicted molar refractivity (Wildman–Crippen MR) is 114 cm³/mol. The molecule has 3 aromatic rings. The third-order valence-corrected chi connectivity index (χ3v) is 4.73. The molecular formula is C23H27N3O4. The zero-order valence-electron chi connectivity index (χ0n) is 17.3. The van der Waals surface area contributed by atoms with E-state index in [1.54, 1.807) is 41.7 Å². The monoisotopic (exact) mass is 409 g/mol. The first-order valence-electron chi connectivity index (χ1n) is 10.0. The Kier molecular flexibility index (Phi) is 7.45. The fourth-order valence-corrected chi connectivity index (χ4v) is 3.24. The van der Waals surface area contributed by atoms with Crippen LogP contribution in [0, 0.1) is 0 Å². The van der Waals surface area contributed by atoms with Crippen molar-refractivity contribution in [2.45, 2.75) is 26.9 Å². The van der Waals surface area contributed by atoms with Gasteiger partial charge in [-0.2, -0.15) is 0 Å². The molecule has 7 heteroatoms. The van der Waals surface area contributed by atoms with Gasteiger partial charge in [0.05, 0.1) is 32.2 Å². The standard InChI is InChI=1S/C23H27N3O4/c1-3-26(4-2)23(28)18-8-5-9-19(14-18)24-22(27)17-25(15-20-10-6-12-29-20)16-21-11-7-13-30-21/h5-14H,3-4,15-17H2,1-2H3,(H,24,27). The number of nitrogens with one attached hydrogen (secondary N) is 1. The predicted octanol–water partition coefficient (Wildman–Crippen LogP) is 4.00. The van der Waals surface area contributed by atoms with Crippen LogP contribution < -0.4 is 5.32 Å². The van der Waals surface area contributed by atoms with Crippen LogP contribution in [0.1, 0.15) is 35.7 Å². The molecule has 0 fully saturated rings. The van der Waals surface area contributed by atoms with Crippen LogP contribution in [0.4, 0.5) is 5.69 Å². The van der Waals surface area contributed by atoms with Crippen LogP contribution in [0.25, 0.3) is 0 Å². The number of nitrogens with zero attached hydrogens (tertiary/aromatic N) is 2. The summed E-state index contributed by atoms with van der Waals surface area (Å²) in [5.74, 6) is 1.30. The van der Waals surface area contributed by atoms with Gasteiger partial charge < -0.3 is 19.1 Å². The highest BCUT2D eigenvalue weighted by atomic mass is 16.3. The largest absolute Gasteiger partial charge is 0.468 e. The number of hydrogen-bond donors (Lipinski definition) is 1. The summed E-state index contributed by atoms with van der Waals surface area (Å²) < 4.78 is 10.8. The van der Waals surface area contributed by atoms with Gasteiger partial charge in [0.1, 0.15) is 11.5 Å². The molecule has 0 unspecified atom stereocenters. The van der Waals surface area contributed by atoms with E-state index in [4.69, 9.17) is 8.83 Å². The van der Waals surface area contributed by atoms with E-state index in [0.29, 0.717) is 37.4 Å². The third-order valence-electron chi connectivity index (χ3n) is 4.73. The molecule has 30 heavy (non-hydrogen) atoms. The summed E-state index contributed by atoms with van der Waals surface area (Å²) in [6.07, 6.45) is 3.22. The molecule has 0 aliphatic rings. The van der Waals surface area contributed by atoms with Crippen molar-refractivity contribution in [1.82, 2.24) is 9.80 Å². The maximum Gasteiger partial charge on any atom is 0.253 e. The number of amides is 2. The number of rotatable bonds is 10. The van der Waals surface area contributed by atoms with E-state index in [9.17, 15) is 9.59 Å². The Balaban J connectivity index is 1.66. The Morgan fingerprint density at radius 1 is 0.900 bits per heavy atom. The molecule has 7 nitrogen and oxygen atoms in total. The molecule has 3 rings (SSSR count). The van der Waals surface area contributed by atoms with Crippen molar-refractivity contribution in [3.05, 3.63) is 78.1 Å². The van der Waals surface area contributed by atoms with E-state index in [1.807, 2.05) is 43.0 Å². The summed E-state index contributed by atoms with van der Waals surface area (Å²) in [4.78, 5) is 28.9. The lowest BCUT2D eigenvalue weighted by Crippen LogP contribution is -2.32. The topological polar surface area (TPSA) is 78.9 Å². The van der Waals surface area contributed by atoms with Gasteiger partial charge in [0.25, 0.3) is 5.91 Å². The Labute approximate surface area is 176 Å². The minimum atomic E-state index is -0.180. The molecule has 2 amide bonds. The lowest BCUT2D eigenvalue weighted by molar-refractivity contribution is -0.117. The van der Waals surface area contributed by atoms with Crippen molar-refractivity contribution in [3.63, 3.8) is 0 Å². The van der Waals surface area contributed by atoms with Crippen molar-refractivity contribution in [1.29, 1.82) is 0 Å². The van der Waals surface area contributed by atoms with E-state index in [-0.39, 0.29) is 18.4 Å². The van der Waals surface area contributed by atoms with Crippen LogP contribution in [0.15, 0.2) is 69.9 Å². The zero-order valence-corrected chi connectivity index (χ0v) is 17.3. The Hall–Kier alpha value is -3.32. The number of carbonyl (C=O) groups excluding carboxylic acids is 2. The second-order valence-electron chi connectivity index (χ2n) is 6.91. The molecule has 0 saturated carbocycles. The molecule has 0 radical (unpaired) electrons. The van der Waals surface area contributed by atoms with Crippen LogP contribution in [0.5, 0.6) is 0 Å². The SMILES string of the molecule is CCN(CC)C(=O)c1cccc(NC(=O)CN(Cc2ccco2)Cc2ccco2)c1. The van der Waals surface area contributed by atoms with E-state index in [2.05, 4.69) is 5.32 Å². The molecule has 1 N–H and O–H groups in total. The summed E-state index contributed by atoms with van der Waals surface area (Å²) in [5, 5.41) is 2.89. The average molecular weight is 409 g/mol. The summed E-state index contributed by atoms with van der Waals surface area (Å²) in [5.41, 5.74) is 1.15. The minimum Gasteiger partial charge on any atom is -0.468 e. The number of furan rings is 2. The molecule has 2 heterocycles. The first-order chi connectivity index (χ1) is 14.6. The smallest absolute Gasteiger partial charge is 0.253 e. The average Bonchev–Trinajstić information content (AvgIpc) is 3.43. The molecule has 0 aliphatic heterocycles. The third kappa shape index (κ3) is 5.84. The van der Waals surface area contributed by atoms with E-state index < -0.39 is 0 Å². The fraction of sp³-hybridized carbons (Fsp3) is 0.304. The second-order valence-corrected chi connectivity index (χ2v) is 6.91. The summed E-state index contributed by atoms with van der Waals surface area (Å²) in [6.45, 7) is 6.26. The second kappa shape index (κ2) is 10.5. The zero-order chi connectivity index (χ0) is 21.3. The highest BCUT2D eigenvalue weighted by Gasteiger charge is 2.16. The molecule has 0 aliphatic carbocycles. The normalized spacial score (nSPS) is 10.9. The van der Waals surface area contributed by atoms with Gasteiger partial charge in [-0.15, -0.1) is 0 Å². The van der Waals surface area contributed by atoms with Crippen LogP contribution in [0.2, 0.25) is 0 Å². The van der Waals surface area contributed by atoms with Gasteiger partial charge in [-0.1, -0.05) is 6.07 Å². The fourth-order valence-electron chi connectivity index (χ4n) is 3.24. The highest BCUT2D eigenvalue weighted by molar-refractivity contribution is 5.97. The van der Waals surface area contributed by atoms with E-state index in [0.717, 1.165) is 11.5 Å². The van der Waals surface area contributed by atoms with Gasteiger partial charge >= 0.3 is 0 Å². The summed E-state index contributed by atoms with van der Waals surface area (Å²) in [7, 11) is 0. The quantitative estimate of drug-likeness (QED) is 0.548. The van der Waals surface area contributed by atoms with Crippen molar-refractivity contribution in [2.75, 3.05) is 25.0 Å². The van der Waals surface area contributed by atoms with Crippen LogP contribution >= 0.6 is 0 Å². The Bertz CT molecular complexity index is 895. The molecule has 0 atom stereocenters. The molecule has 0 saturated heterocycles. The highest BCUT2D eigenvalue weighted by Crippen LogP contribution is 2.15. The Morgan fingerprint density at radius 2 is 1.53 bits per heavy atom. The van der Waals surface area contributed by atoms with Crippen molar-refractivity contribution in [3.8, 4) is 0 Å². The number of anilines is 1. The van der Waals surface area contributed by atoms with Crippen LogP contribution in [-0.4, -0.2) is 41.2 Å².